The van der Waals surface area contributed by atoms with Gasteiger partial charge in [0.1, 0.15) is 5.69 Å². The second-order valence-corrected chi connectivity index (χ2v) is 4.05. The minimum Gasteiger partial charge on any atom is -0.351 e. The Bertz CT molecular complexity index is 333. The average molecular weight is 219 g/mol. The fourth-order valence-corrected chi connectivity index (χ4v) is 1.95. The Balaban J connectivity index is 1.71. The van der Waals surface area contributed by atoms with Gasteiger partial charge < -0.3 is 10.6 Å². The third-order valence-electron chi connectivity index (χ3n) is 2.84. The number of hydrogen-bond acceptors (Lipinski definition) is 3. The van der Waals surface area contributed by atoms with E-state index in [1.165, 1.54) is 12.8 Å². The van der Waals surface area contributed by atoms with Gasteiger partial charge >= 0.3 is 0 Å². The first kappa shape index (κ1) is 11.1. The molecule has 1 fully saturated rings. The maximum absolute atomic E-state index is 11.6. The van der Waals surface area contributed by atoms with Crippen LogP contribution in [0.3, 0.4) is 0 Å². The number of carbonyl (C=O) groups is 1. The van der Waals surface area contributed by atoms with E-state index in [2.05, 4.69) is 15.6 Å². The molecule has 1 aromatic heterocycles. The molecule has 1 aliphatic rings. The zero-order valence-electron chi connectivity index (χ0n) is 9.28. The minimum atomic E-state index is -0.0846. The van der Waals surface area contributed by atoms with Crippen molar-refractivity contribution in [2.24, 2.45) is 0 Å². The first-order chi connectivity index (χ1) is 7.86. The van der Waals surface area contributed by atoms with Crippen LogP contribution >= 0.6 is 0 Å². The summed E-state index contributed by atoms with van der Waals surface area (Å²) in [6, 6.07) is 5.92. The Kier molecular flexibility index (Phi) is 3.88. The largest absolute Gasteiger partial charge is 0.351 e. The van der Waals surface area contributed by atoms with E-state index in [9.17, 15) is 4.79 Å². The van der Waals surface area contributed by atoms with E-state index < -0.39 is 0 Å². The summed E-state index contributed by atoms with van der Waals surface area (Å²) < 4.78 is 0. The summed E-state index contributed by atoms with van der Waals surface area (Å²) in [5.41, 5.74) is 0.488. The lowest BCUT2D eigenvalue weighted by Gasteiger charge is -2.10. The van der Waals surface area contributed by atoms with Gasteiger partial charge in [0.25, 0.3) is 5.91 Å². The molecule has 0 radical (unpaired) electrons. The second kappa shape index (κ2) is 5.61. The van der Waals surface area contributed by atoms with Gasteiger partial charge in [0.15, 0.2) is 0 Å². The Morgan fingerprint density at radius 1 is 1.56 bits per heavy atom. The summed E-state index contributed by atoms with van der Waals surface area (Å²) in [6.07, 6.45) is 5.10. The zero-order valence-corrected chi connectivity index (χ0v) is 9.28. The van der Waals surface area contributed by atoms with Crippen molar-refractivity contribution in [3.05, 3.63) is 30.1 Å². The molecule has 0 saturated carbocycles. The third-order valence-corrected chi connectivity index (χ3v) is 2.84. The summed E-state index contributed by atoms with van der Waals surface area (Å²) in [5.74, 6) is -0.0846. The van der Waals surface area contributed by atoms with Crippen LogP contribution in [0.1, 0.15) is 29.8 Å². The van der Waals surface area contributed by atoms with Crippen molar-refractivity contribution in [3.8, 4) is 0 Å². The van der Waals surface area contributed by atoms with Crippen LogP contribution in [-0.2, 0) is 0 Å². The van der Waals surface area contributed by atoms with Crippen molar-refractivity contribution >= 4 is 5.91 Å². The molecule has 86 valence electrons. The highest BCUT2D eigenvalue weighted by molar-refractivity contribution is 5.92. The topological polar surface area (TPSA) is 54.0 Å². The standard InChI is InChI=1S/C12H17N3O/c16-12(11-5-1-2-7-14-11)15-9-6-10-4-3-8-13-10/h1-2,5,7,10,13H,3-4,6,8-9H2,(H,15,16)/t10-/m0/s1. The van der Waals surface area contributed by atoms with Crippen LogP contribution < -0.4 is 10.6 Å². The molecule has 4 nitrogen and oxygen atoms in total. The molecule has 4 heteroatoms. The summed E-state index contributed by atoms with van der Waals surface area (Å²) in [4.78, 5) is 15.6. The molecule has 0 bridgehead atoms. The van der Waals surface area contributed by atoms with Crippen LogP contribution in [-0.4, -0.2) is 30.0 Å². The van der Waals surface area contributed by atoms with E-state index in [4.69, 9.17) is 0 Å². The molecule has 0 aliphatic carbocycles. The van der Waals surface area contributed by atoms with Crippen LogP contribution in [0.2, 0.25) is 0 Å². The Morgan fingerprint density at radius 3 is 3.19 bits per heavy atom. The van der Waals surface area contributed by atoms with E-state index >= 15 is 0 Å². The van der Waals surface area contributed by atoms with Crippen LogP contribution in [0.5, 0.6) is 0 Å². The molecule has 0 unspecified atom stereocenters. The predicted octanol–water partition coefficient (Wildman–Crippen LogP) is 0.953. The molecule has 1 atom stereocenters. The van der Waals surface area contributed by atoms with Crippen LogP contribution in [0, 0.1) is 0 Å². The number of nitrogens with one attached hydrogen (secondary N) is 2. The normalized spacial score (nSPS) is 19.6. The van der Waals surface area contributed by atoms with Crippen molar-refractivity contribution in [1.82, 2.24) is 15.6 Å². The number of aromatic nitrogens is 1. The lowest BCUT2D eigenvalue weighted by atomic mass is 10.1. The van der Waals surface area contributed by atoms with Crippen molar-refractivity contribution in [3.63, 3.8) is 0 Å². The average Bonchev–Trinajstić information content (AvgIpc) is 2.83. The Hall–Kier alpha value is -1.42. The highest BCUT2D eigenvalue weighted by Crippen LogP contribution is 2.07. The molecule has 1 saturated heterocycles. The molecule has 2 heterocycles. The van der Waals surface area contributed by atoms with Gasteiger partial charge in [-0.05, 0) is 37.9 Å². The molecule has 1 amide bonds. The van der Waals surface area contributed by atoms with Crippen molar-refractivity contribution < 1.29 is 4.79 Å². The fourth-order valence-electron chi connectivity index (χ4n) is 1.95. The van der Waals surface area contributed by atoms with Crippen molar-refractivity contribution in [1.29, 1.82) is 0 Å². The van der Waals surface area contributed by atoms with Gasteiger partial charge in [-0.2, -0.15) is 0 Å². The van der Waals surface area contributed by atoms with Gasteiger partial charge in [0, 0.05) is 18.8 Å². The number of pyridine rings is 1. The third kappa shape index (κ3) is 3.03. The number of nitrogens with zero attached hydrogens (tertiary/aromatic N) is 1. The van der Waals surface area contributed by atoms with E-state index in [1.54, 1.807) is 18.3 Å². The quantitative estimate of drug-likeness (QED) is 0.793. The number of rotatable bonds is 4. The molecule has 1 aromatic rings. The molecule has 0 aromatic carbocycles. The van der Waals surface area contributed by atoms with Gasteiger partial charge in [0.2, 0.25) is 0 Å². The van der Waals surface area contributed by atoms with Crippen molar-refractivity contribution in [2.45, 2.75) is 25.3 Å². The van der Waals surface area contributed by atoms with Crippen molar-refractivity contribution in [2.75, 3.05) is 13.1 Å². The molecule has 0 spiro atoms. The molecule has 1 aliphatic heterocycles. The van der Waals surface area contributed by atoms with Crippen LogP contribution in [0.15, 0.2) is 24.4 Å². The summed E-state index contributed by atoms with van der Waals surface area (Å²) in [6.45, 7) is 1.83. The van der Waals surface area contributed by atoms with Crippen LogP contribution in [0.25, 0.3) is 0 Å². The SMILES string of the molecule is O=C(NCC[C@@H]1CCCN1)c1ccccn1. The van der Waals surface area contributed by atoms with Gasteiger partial charge in [-0.15, -0.1) is 0 Å². The molecule has 16 heavy (non-hydrogen) atoms. The monoisotopic (exact) mass is 219 g/mol. The number of carbonyl (C=O) groups excluding carboxylic acids is 1. The summed E-state index contributed by atoms with van der Waals surface area (Å²) >= 11 is 0. The van der Waals surface area contributed by atoms with Gasteiger partial charge in [-0.1, -0.05) is 6.07 Å². The molecule has 2 N–H and O–H groups in total. The van der Waals surface area contributed by atoms with Gasteiger partial charge in [-0.3, -0.25) is 9.78 Å². The fraction of sp³-hybridized carbons (Fsp3) is 0.500. The lowest BCUT2D eigenvalue weighted by molar-refractivity contribution is 0.0947. The first-order valence-electron chi connectivity index (χ1n) is 5.79. The number of amides is 1. The van der Waals surface area contributed by atoms with E-state index in [0.717, 1.165) is 13.0 Å². The minimum absolute atomic E-state index is 0.0846. The van der Waals surface area contributed by atoms with Gasteiger partial charge in [0.05, 0.1) is 0 Å². The van der Waals surface area contributed by atoms with E-state index in [0.29, 0.717) is 18.3 Å². The van der Waals surface area contributed by atoms with Crippen LogP contribution in [0.4, 0.5) is 0 Å². The van der Waals surface area contributed by atoms with E-state index in [1.807, 2.05) is 6.07 Å². The summed E-state index contributed by atoms with van der Waals surface area (Å²) in [7, 11) is 0. The van der Waals surface area contributed by atoms with E-state index in [-0.39, 0.29) is 5.91 Å². The maximum atomic E-state index is 11.6. The first-order valence-corrected chi connectivity index (χ1v) is 5.79. The highest BCUT2D eigenvalue weighted by atomic mass is 16.1. The predicted molar refractivity (Wildman–Crippen MR) is 62.2 cm³/mol. The second-order valence-electron chi connectivity index (χ2n) is 4.05. The Morgan fingerprint density at radius 2 is 2.50 bits per heavy atom. The molecule has 2 rings (SSSR count). The Labute approximate surface area is 95.5 Å². The highest BCUT2D eigenvalue weighted by Gasteiger charge is 2.13. The molecular weight excluding hydrogens is 202 g/mol. The zero-order chi connectivity index (χ0) is 11.2. The molecular formula is C12H17N3O. The smallest absolute Gasteiger partial charge is 0.269 e. The number of hydrogen-bond donors (Lipinski definition) is 2. The maximum Gasteiger partial charge on any atom is 0.269 e. The lowest BCUT2D eigenvalue weighted by Crippen LogP contribution is -2.30. The van der Waals surface area contributed by atoms with Gasteiger partial charge in [-0.25, -0.2) is 0 Å². The summed E-state index contributed by atoms with van der Waals surface area (Å²) in [5, 5.41) is 6.29.